The molecule has 0 unspecified atom stereocenters. The fourth-order valence-electron chi connectivity index (χ4n) is 0.653. The number of isothiocyanates is 1. The van der Waals surface area contributed by atoms with Crippen molar-refractivity contribution in [2.45, 2.75) is 6.92 Å². The van der Waals surface area contributed by atoms with Gasteiger partial charge in [-0.2, -0.15) is 0 Å². The molecule has 0 N–H and O–H groups in total. The fourth-order valence-corrected chi connectivity index (χ4v) is 0.696. The van der Waals surface area contributed by atoms with Crippen LogP contribution in [-0.2, 0) is 4.84 Å². The van der Waals surface area contributed by atoms with Crippen molar-refractivity contribution in [2.75, 3.05) is 0 Å². The summed E-state index contributed by atoms with van der Waals surface area (Å²) in [5, 5.41) is 5.36. The van der Waals surface area contributed by atoms with E-state index in [1.807, 2.05) is 6.92 Å². The Labute approximate surface area is 75.2 Å². The summed E-state index contributed by atoms with van der Waals surface area (Å²) < 4.78 is 1.79. The molecule has 1 aromatic heterocycles. The first kappa shape index (κ1) is 8.64. The van der Waals surface area contributed by atoms with Crippen molar-refractivity contribution in [3.8, 4) is 0 Å². The lowest BCUT2D eigenvalue weighted by Crippen LogP contribution is -1.88. The van der Waals surface area contributed by atoms with Crippen LogP contribution in [-0.4, -0.2) is 14.7 Å². The minimum atomic E-state index is 0.863. The molecule has 1 rings (SSSR count). The second-order valence-corrected chi connectivity index (χ2v) is 2.20. The van der Waals surface area contributed by atoms with Crippen LogP contribution >= 0.6 is 12.2 Å². The number of hydrogen-bond acceptors (Lipinski definition) is 4. The van der Waals surface area contributed by atoms with Gasteiger partial charge >= 0.3 is 0 Å². The van der Waals surface area contributed by atoms with Crippen molar-refractivity contribution in [2.24, 2.45) is 5.16 Å². The first-order valence-electron chi connectivity index (χ1n) is 3.22. The van der Waals surface area contributed by atoms with Crippen molar-refractivity contribution >= 4 is 23.1 Å². The Morgan fingerprint density at radius 2 is 2.67 bits per heavy atom. The van der Waals surface area contributed by atoms with Crippen molar-refractivity contribution in [3.63, 3.8) is 0 Å². The molecule has 0 aromatic carbocycles. The van der Waals surface area contributed by atoms with Crippen LogP contribution in [0.1, 0.15) is 6.92 Å². The second kappa shape index (κ2) is 4.43. The SMILES string of the molecule is CC(=CON=C=S)n1ccnc1. The monoisotopic (exact) mass is 181 g/mol. The van der Waals surface area contributed by atoms with Crippen LogP contribution in [0.15, 0.2) is 30.1 Å². The van der Waals surface area contributed by atoms with Crippen molar-refractivity contribution < 1.29 is 4.84 Å². The van der Waals surface area contributed by atoms with Gasteiger partial charge in [0.25, 0.3) is 0 Å². The molecule has 0 radical (unpaired) electrons. The number of thiocarbonyl (C=S) groups is 1. The highest BCUT2D eigenvalue weighted by molar-refractivity contribution is 7.78. The number of rotatable bonds is 3. The second-order valence-electron chi connectivity index (χ2n) is 2.02. The molecule has 62 valence electrons. The van der Waals surface area contributed by atoms with Gasteiger partial charge < -0.3 is 9.40 Å². The summed E-state index contributed by atoms with van der Waals surface area (Å²) in [6, 6.07) is 0. The van der Waals surface area contributed by atoms with Crippen molar-refractivity contribution in [1.82, 2.24) is 9.55 Å². The number of hydrogen-bond donors (Lipinski definition) is 0. The van der Waals surface area contributed by atoms with Crippen LogP contribution in [0.4, 0.5) is 0 Å². The molecule has 0 aliphatic carbocycles. The largest absolute Gasteiger partial charge is 0.354 e. The number of allylic oxidation sites excluding steroid dienone is 1. The van der Waals surface area contributed by atoms with Gasteiger partial charge in [0, 0.05) is 12.4 Å². The summed E-state index contributed by atoms with van der Waals surface area (Å²) in [7, 11) is 0. The third kappa shape index (κ3) is 2.30. The molecule has 12 heavy (non-hydrogen) atoms. The number of imidazole rings is 1. The summed E-state index contributed by atoms with van der Waals surface area (Å²) in [6.45, 7) is 1.86. The molecule has 0 aliphatic rings. The maximum Gasteiger partial charge on any atom is 0.142 e. The number of nitrogens with zero attached hydrogens (tertiary/aromatic N) is 3. The highest BCUT2D eigenvalue weighted by Crippen LogP contribution is 2.01. The van der Waals surface area contributed by atoms with E-state index in [9.17, 15) is 0 Å². The lowest BCUT2D eigenvalue weighted by atomic mass is 10.5. The highest BCUT2D eigenvalue weighted by atomic mass is 32.1. The summed E-state index contributed by atoms with van der Waals surface area (Å²) in [5.74, 6) is 0. The molecule has 0 bridgehead atoms. The molecule has 0 saturated carbocycles. The van der Waals surface area contributed by atoms with Gasteiger partial charge in [0.1, 0.15) is 11.4 Å². The molecule has 5 heteroatoms. The van der Waals surface area contributed by atoms with E-state index in [-0.39, 0.29) is 0 Å². The molecular formula is C7H7N3OS. The fraction of sp³-hybridized carbons (Fsp3) is 0.143. The zero-order chi connectivity index (χ0) is 8.81. The summed E-state index contributed by atoms with van der Waals surface area (Å²) in [6.07, 6.45) is 6.60. The Morgan fingerprint density at radius 3 is 3.25 bits per heavy atom. The maximum absolute atomic E-state index is 4.67. The normalized spacial score (nSPS) is 10.6. The van der Waals surface area contributed by atoms with E-state index in [0.29, 0.717) is 0 Å². The predicted molar refractivity (Wildman–Crippen MR) is 48.3 cm³/mol. The van der Waals surface area contributed by atoms with Gasteiger partial charge in [-0.15, -0.1) is 0 Å². The molecule has 0 atom stereocenters. The molecule has 1 heterocycles. The Hall–Kier alpha value is -1.45. The van der Waals surface area contributed by atoms with Crippen LogP contribution in [0, 0.1) is 0 Å². The van der Waals surface area contributed by atoms with E-state index >= 15 is 0 Å². The van der Waals surface area contributed by atoms with E-state index in [4.69, 9.17) is 0 Å². The van der Waals surface area contributed by atoms with E-state index in [0.717, 1.165) is 5.70 Å². The van der Waals surface area contributed by atoms with Crippen LogP contribution in [0.2, 0.25) is 0 Å². The van der Waals surface area contributed by atoms with Gasteiger partial charge in [0.05, 0.1) is 12.0 Å². The average molecular weight is 181 g/mol. The lowest BCUT2D eigenvalue weighted by Gasteiger charge is -1.97. The molecular weight excluding hydrogens is 174 g/mol. The molecule has 4 nitrogen and oxygen atoms in total. The topological polar surface area (TPSA) is 39.4 Å². The van der Waals surface area contributed by atoms with E-state index in [2.05, 4.69) is 32.4 Å². The zero-order valence-corrected chi connectivity index (χ0v) is 7.28. The van der Waals surface area contributed by atoms with Crippen LogP contribution in [0.3, 0.4) is 0 Å². The minimum absolute atomic E-state index is 0.863. The lowest BCUT2D eigenvalue weighted by molar-refractivity contribution is 0.272. The zero-order valence-electron chi connectivity index (χ0n) is 6.47. The summed E-state index contributed by atoms with van der Waals surface area (Å²) >= 11 is 4.31. The predicted octanol–water partition coefficient (Wildman–Crippen LogP) is 1.74. The van der Waals surface area contributed by atoms with Gasteiger partial charge in [-0.3, -0.25) is 0 Å². The van der Waals surface area contributed by atoms with Crippen LogP contribution < -0.4 is 0 Å². The van der Waals surface area contributed by atoms with Gasteiger partial charge in [0.2, 0.25) is 0 Å². The van der Waals surface area contributed by atoms with Crippen molar-refractivity contribution in [1.29, 1.82) is 0 Å². The first-order chi connectivity index (χ1) is 5.84. The van der Waals surface area contributed by atoms with Crippen LogP contribution in [0.25, 0.3) is 5.70 Å². The van der Waals surface area contributed by atoms with Crippen molar-refractivity contribution in [3.05, 3.63) is 25.0 Å². The van der Waals surface area contributed by atoms with E-state index in [1.165, 1.54) is 6.26 Å². The Balaban J connectivity index is 2.64. The Bertz CT molecular complexity index is 311. The van der Waals surface area contributed by atoms with Gasteiger partial charge in [-0.25, -0.2) is 4.98 Å². The Morgan fingerprint density at radius 1 is 1.83 bits per heavy atom. The average Bonchev–Trinajstić information content (AvgIpc) is 2.56. The third-order valence-corrected chi connectivity index (χ3v) is 1.30. The molecule has 0 amide bonds. The molecule has 0 saturated heterocycles. The van der Waals surface area contributed by atoms with Gasteiger partial charge in [0.15, 0.2) is 0 Å². The number of aromatic nitrogens is 2. The molecule has 0 spiro atoms. The quantitative estimate of drug-likeness (QED) is 0.308. The Kier molecular flexibility index (Phi) is 3.19. The first-order valence-corrected chi connectivity index (χ1v) is 3.63. The minimum Gasteiger partial charge on any atom is -0.354 e. The maximum atomic E-state index is 4.67. The summed E-state index contributed by atoms with van der Waals surface area (Å²) in [4.78, 5) is 8.54. The van der Waals surface area contributed by atoms with Gasteiger partial charge in [-0.1, -0.05) is 0 Å². The molecule has 0 aliphatic heterocycles. The van der Waals surface area contributed by atoms with E-state index < -0.39 is 0 Å². The third-order valence-electron chi connectivity index (χ3n) is 1.22. The molecule has 1 aromatic rings. The van der Waals surface area contributed by atoms with E-state index in [1.54, 1.807) is 23.3 Å². The standard InChI is InChI=1S/C7H7N3OS/c1-7(4-11-9-6-12)10-3-2-8-5-10/h2-5H,1H3. The summed E-state index contributed by atoms with van der Waals surface area (Å²) in [5.41, 5.74) is 0.863. The van der Waals surface area contributed by atoms with Crippen LogP contribution in [0.5, 0.6) is 0 Å². The smallest absolute Gasteiger partial charge is 0.142 e. The molecule has 0 fully saturated rings. The van der Waals surface area contributed by atoms with Gasteiger partial charge in [-0.05, 0) is 24.3 Å². The highest BCUT2D eigenvalue weighted by Gasteiger charge is 1.90.